The molecule has 84 valence electrons. The second-order valence-corrected chi connectivity index (χ2v) is 3.72. The molecule has 0 aliphatic heterocycles. The van der Waals surface area contributed by atoms with Crippen molar-refractivity contribution >= 4 is 0 Å². The topological polar surface area (TPSA) is 46.9 Å². The van der Waals surface area contributed by atoms with E-state index in [1.807, 2.05) is 20.0 Å². The smallest absolute Gasteiger partial charge is 0.271 e. The summed E-state index contributed by atoms with van der Waals surface area (Å²) >= 11 is 0. The first-order chi connectivity index (χ1) is 7.19. The highest BCUT2D eigenvalue weighted by Gasteiger charge is 2.04. The molecule has 0 radical (unpaired) electrons. The Labute approximate surface area is 90.3 Å². The first-order valence-corrected chi connectivity index (χ1v) is 5.41. The molecular formula is C11H19N3O. The molecule has 0 aliphatic carbocycles. The summed E-state index contributed by atoms with van der Waals surface area (Å²) in [4.78, 5) is 11.9. The third kappa shape index (κ3) is 3.16. The molecule has 1 N–H and O–H groups in total. The molecule has 1 aromatic rings. The third-order valence-corrected chi connectivity index (χ3v) is 2.26. The van der Waals surface area contributed by atoms with Crippen molar-refractivity contribution in [3.8, 4) is 0 Å². The summed E-state index contributed by atoms with van der Waals surface area (Å²) in [5.41, 5.74) is 1.72. The van der Waals surface area contributed by atoms with Crippen molar-refractivity contribution in [2.75, 3.05) is 7.05 Å². The first kappa shape index (κ1) is 11.9. The van der Waals surface area contributed by atoms with Gasteiger partial charge < -0.3 is 5.32 Å². The third-order valence-electron chi connectivity index (χ3n) is 2.26. The average Bonchev–Trinajstić information content (AvgIpc) is 2.21. The van der Waals surface area contributed by atoms with Gasteiger partial charge in [0.25, 0.3) is 5.56 Å². The molecule has 0 saturated carbocycles. The summed E-state index contributed by atoms with van der Waals surface area (Å²) in [5, 5.41) is 7.22. The zero-order valence-corrected chi connectivity index (χ0v) is 9.71. The van der Waals surface area contributed by atoms with Crippen LogP contribution in [0.1, 0.15) is 31.0 Å². The van der Waals surface area contributed by atoms with Crippen LogP contribution in [0.4, 0.5) is 0 Å². The van der Waals surface area contributed by atoms with E-state index >= 15 is 0 Å². The Hall–Kier alpha value is -1.16. The number of aromatic nitrogens is 2. The minimum absolute atomic E-state index is 0.0309. The molecule has 0 unspecified atom stereocenters. The fraction of sp³-hybridized carbons (Fsp3) is 0.636. The second-order valence-electron chi connectivity index (χ2n) is 3.72. The van der Waals surface area contributed by atoms with Crippen LogP contribution in [0.5, 0.6) is 0 Å². The van der Waals surface area contributed by atoms with Crippen LogP contribution in [0.3, 0.4) is 0 Å². The highest BCUT2D eigenvalue weighted by molar-refractivity contribution is 5.12. The summed E-state index contributed by atoms with van der Waals surface area (Å²) in [7, 11) is 1.84. The van der Waals surface area contributed by atoms with Gasteiger partial charge in [-0.1, -0.05) is 13.3 Å². The highest BCUT2D eigenvalue weighted by atomic mass is 16.1. The summed E-state index contributed by atoms with van der Waals surface area (Å²) in [6.45, 7) is 5.35. The van der Waals surface area contributed by atoms with Crippen molar-refractivity contribution in [1.82, 2.24) is 15.1 Å². The van der Waals surface area contributed by atoms with Gasteiger partial charge in [-0.05, 0) is 26.5 Å². The van der Waals surface area contributed by atoms with Crippen LogP contribution in [0.15, 0.2) is 10.9 Å². The van der Waals surface area contributed by atoms with E-state index in [2.05, 4.69) is 17.3 Å². The molecule has 0 amide bonds. The van der Waals surface area contributed by atoms with Gasteiger partial charge in [-0.15, -0.1) is 0 Å². The lowest BCUT2D eigenvalue weighted by molar-refractivity contribution is 0.530. The van der Waals surface area contributed by atoms with E-state index in [9.17, 15) is 4.79 Å². The fourth-order valence-corrected chi connectivity index (χ4v) is 1.52. The predicted octanol–water partition coefficient (Wildman–Crippen LogP) is 1.07. The molecule has 0 aromatic carbocycles. The Morgan fingerprint density at radius 3 is 2.87 bits per heavy atom. The lowest BCUT2D eigenvalue weighted by atomic mass is 10.2. The van der Waals surface area contributed by atoms with Crippen LogP contribution in [0.25, 0.3) is 0 Å². The Morgan fingerprint density at radius 2 is 2.27 bits per heavy atom. The fourth-order valence-electron chi connectivity index (χ4n) is 1.52. The largest absolute Gasteiger partial charge is 0.315 e. The van der Waals surface area contributed by atoms with Gasteiger partial charge >= 0.3 is 0 Å². The number of hydrogen-bond acceptors (Lipinski definition) is 3. The Bertz CT molecular complexity index is 371. The maximum atomic E-state index is 11.9. The number of nitrogens with one attached hydrogen (secondary N) is 1. The van der Waals surface area contributed by atoms with Crippen LogP contribution < -0.4 is 10.9 Å². The number of hydrogen-bond donors (Lipinski definition) is 1. The summed E-state index contributed by atoms with van der Waals surface area (Å²) in [6, 6.07) is 1.85. The molecule has 4 heteroatoms. The van der Waals surface area contributed by atoms with Gasteiger partial charge in [-0.2, -0.15) is 5.10 Å². The maximum Gasteiger partial charge on any atom is 0.271 e. The minimum atomic E-state index is 0.0309. The van der Waals surface area contributed by atoms with Gasteiger partial charge in [0.2, 0.25) is 0 Å². The molecule has 1 aromatic heterocycles. The minimum Gasteiger partial charge on any atom is -0.315 e. The number of nitrogens with zero attached hydrogens (tertiary/aromatic N) is 2. The molecule has 0 fully saturated rings. The molecule has 0 atom stereocenters. The van der Waals surface area contributed by atoms with E-state index < -0.39 is 0 Å². The molecule has 0 aliphatic rings. The van der Waals surface area contributed by atoms with Crippen molar-refractivity contribution in [2.24, 2.45) is 0 Å². The predicted molar refractivity (Wildman–Crippen MR) is 60.9 cm³/mol. The standard InChI is InChI=1S/C11H19N3O/c1-4-5-6-14-11(15)10(8-12-3)7-9(2)13-14/h7,12H,4-6,8H2,1-3H3. The number of aryl methyl sites for hydroxylation is 2. The van der Waals surface area contributed by atoms with Gasteiger partial charge in [0, 0.05) is 18.7 Å². The van der Waals surface area contributed by atoms with E-state index in [1.54, 1.807) is 4.68 Å². The van der Waals surface area contributed by atoms with E-state index in [-0.39, 0.29) is 5.56 Å². The zero-order chi connectivity index (χ0) is 11.3. The maximum absolute atomic E-state index is 11.9. The average molecular weight is 209 g/mol. The molecule has 15 heavy (non-hydrogen) atoms. The first-order valence-electron chi connectivity index (χ1n) is 5.41. The van der Waals surface area contributed by atoms with Gasteiger partial charge in [-0.3, -0.25) is 4.79 Å². The van der Waals surface area contributed by atoms with Crippen molar-refractivity contribution < 1.29 is 0 Å². The van der Waals surface area contributed by atoms with Crippen molar-refractivity contribution in [3.05, 3.63) is 27.7 Å². The molecule has 0 bridgehead atoms. The molecule has 0 spiro atoms. The van der Waals surface area contributed by atoms with Crippen molar-refractivity contribution in [1.29, 1.82) is 0 Å². The number of rotatable bonds is 5. The van der Waals surface area contributed by atoms with Crippen molar-refractivity contribution in [2.45, 2.75) is 39.8 Å². The van der Waals surface area contributed by atoms with Crippen LogP contribution in [-0.2, 0) is 13.1 Å². The van der Waals surface area contributed by atoms with Gasteiger partial charge in [-0.25, -0.2) is 4.68 Å². The van der Waals surface area contributed by atoms with Crippen molar-refractivity contribution in [3.63, 3.8) is 0 Å². The van der Waals surface area contributed by atoms with Gasteiger partial charge in [0.05, 0.1) is 5.69 Å². The molecule has 0 saturated heterocycles. The van der Waals surface area contributed by atoms with Gasteiger partial charge in [0.15, 0.2) is 0 Å². The second kappa shape index (κ2) is 5.66. The normalized spacial score (nSPS) is 10.6. The van der Waals surface area contributed by atoms with E-state index in [1.165, 1.54) is 0 Å². The molecule has 1 heterocycles. The Balaban J connectivity index is 2.99. The van der Waals surface area contributed by atoms with E-state index in [0.717, 1.165) is 24.1 Å². The quantitative estimate of drug-likeness (QED) is 0.789. The zero-order valence-electron chi connectivity index (χ0n) is 9.71. The van der Waals surface area contributed by atoms with Crippen LogP contribution in [-0.4, -0.2) is 16.8 Å². The van der Waals surface area contributed by atoms with Crippen LogP contribution >= 0.6 is 0 Å². The number of unbranched alkanes of at least 4 members (excludes halogenated alkanes) is 1. The van der Waals surface area contributed by atoms with E-state index in [4.69, 9.17) is 0 Å². The highest BCUT2D eigenvalue weighted by Crippen LogP contribution is 1.97. The van der Waals surface area contributed by atoms with E-state index in [0.29, 0.717) is 13.1 Å². The lowest BCUT2D eigenvalue weighted by Crippen LogP contribution is -2.29. The molecular weight excluding hydrogens is 190 g/mol. The van der Waals surface area contributed by atoms with Crippen LogP contribution in [0.2, 0.25) is 0 Å². The summed E-state index contributed by atoms with van der Waals surface area (Å²) in [6.07, 6.45) is 2.07. The van der Waals surface area contributed by atoms with Crippen LogP contribution in [0, 0.1) is 6.92 Å². The van der Waals surface area contributed by atoms with Gasteiger partial charge in [0.1, 0.15) is 0 Å². The SMILES string of the molecule is CCCCn1nc(C)cc(CNC)c1=O. The molecule has 4 nitrogen and oxygen atoms in total. The summed E-state index contributed by atoms with van der Waals surface area (Å²) in [5.74, 6) is 0. The summed E-state index contributed by atoms with van der Waals surface area (Å²) < 4.78 is 1.57. The Kier molecular flexibility index (Phi) is 4.49. The lowest BCUT2D eigenvalue weighted by Gasteiger charge is -2.07. The molecule has 1 rings (SSSR count). The monoisotopic (exact) mass is 209 g/mol. The Morgan fingerprint density at radius 1 is 1.53 bits per heavy atom.